The minimum absolute atomic E-state index is 0.0122. The highest BCUT2D eigenvalue weighted by atomic mass is 16.5. The van der Waals surface area contributed by atoms with Crippen LogP contribution in [0.3, 0.4) is 0 Å². The first-order valence-electron chi connectivity index (χ1n) is 12.5. The van der Waals surface area contributed by atoms with Crippen LogP contribution in [0.25, 0.3) is 10.9 Å². The Kier molecular flexibility index (Phi) is 5.33. The lowest BCUT2D eigenvalue weighted by molar-refractivity contribution is -0.177. The number of ether oxygens (including phenoxy) is 2. The van der Waals surface area contributed by atoms with Gasteiger partial charge in [-0.15, -0.1) is 0 Å². The molecule has 0 saturated carbocycles. The molecule has 0 amide bonds. The number of carbonyl (C=O) groups is 2. The highest BCUT2D eigenvalue weighted by Crippen LogP contribution is 2.50. The normalized spacial score (nSPS) is 23.6. The Morgan fingerprint density at radius 3 is 2.91 bits per heavy atom. The lowest BCUT2D eigenvalue weighted by Crippen LogP contribution is -2.64. The van der Waals surface area contributed by atoms with Crippen LogP contribution in [-0.2, 0) is 17.8 Å². The molecule has 182 valence electrons. The molecule has 0 aliphatic carbocycles. The van der Waals surface area contributed by atoms with Gasteiger partial charge in [0.15, 0.2) is 5.72 Å². The number of aromatic amines is 1. The summed E-state index contributed by atoms with van der Waals surface area (Å²) < 4.78 is 12.5. The zero-order valence-corrected chi connectivity index (χ0v) is 19.9. The van der Waals surface area contributed by atoms with Crippen molar-refractivity contribution in [2.75, 3.05) is 13.1 Å². The van der Waals surface area contributed by atoms with Crippen molar-refractivity contribution in [3.05, 3.63) is 64.3 Å². The van der Waals surface area contributed by atoms with E-state index in [0.29, 0.717) is 17.0 Å². The Morgan fingerprint density at radius 2 is 2.06 bits per heavy atom. The van der Waals surface area contributed by atoms with Crippen LogP contribution in [0.1, 0.15) is 69.6 Å². The molecule has 7 heteroatoms. The predicted molar refractivity (Wildman–Crippen MR) is 131 cm³/mol. The molecule has 2 N–H and O–H groups in total. The van der Waals surface area contributed by atoms with Crippen LogP contribution < -0.4 is 4.74 Å². The highest BCUT2D eigenvalue weighted by Gasteiger charge is 2.52. The van der Waals surface area contributed by atoms with Crippen LogP contribution in [0.5, 0.6) is 5.75 Å². The zero-order valence-electron chi connectivity index (χ0n) is 19.9. The minimum atomic E-state index is -1.01. The Balaban J connectivity index is 1.34. The van der Waals surface area contributed by atoms with Gasteiger partial charge in [-0.3, -0.25) is 4.90 Å². The molecule has 2 atom stereocenters. The Hall–Kier alpha value is -3.32. The number of piperidine rings is 2. The number of nitrogens with zero attached hydrogens (tertiary/aromatic N) is 1. The molecular weight excluding hydrogens is 444 g/mol. The first-order chi connectivity index (χ1) is 17.0. The fourth-order valence-corrected chi connectivity index (χ4v) is 6.48. The number of H-pyrrole nitrogens is 1. The van der Waals surface area contributed by atoms with E-state index >= 15 is 0 Å². The number of nitrogens with one attached hydrogen (secondary N) is 1. The minimum Gasteiger partial charge on any atom is -0.478 e. The summed E-state index contributed by atoms with van der Waals surface area (Å²) in [4.78, 5) is 30.5. The lowest BCUT2D eigenvalue weighted by atomic mass is 9.74. The largest absolute Gasteiger partial charge is 0.478 e. The van der Waals surface area contributed by atoms with Gasteiger partial charge in [-0.05, 0) is 68.9 Å². The number of hydrogen-bond donors (Lipinski definition) is 2. The molecule has 2 fully saturated rings. The number of carbonyl (C=O) groups excluding carboxylic acids is 1. The molecule has 2 aromatic carbocycles. The van der Waals surface area contributed by atoms with Crippen molar-refractivity contribution >= 4 is 22.8 Å². The molecule has 3 aliphatic rings. The monoisotopic (exact) mass is 474 g/mol. The van der Waals surface area contributed by atoms with E-state index in [-0.39, 0.29) is 17.9 Å². The number of fused-ring (bicyclic) bond motifs is 3. The van der Waals surface area contributed by atoms with Gasteiger partial charge < -0.3 is 19.6 Å². The molecule has 7 nitrogen and oxygen atoms in total. The van der Waals surface area contributed by atoms with Crippen molar-refractivity contribution in [1.82, 2.24) is 9.88 Å². The summed E-state index contributed by atoms with van der Waals surface area (Å²) in [6, 6.07) is 10.5. The third-order valence-electron chi connectivity index (χ3n) is 8.07. The number of rotatable bonds is 4. The molecule has 0 radical (unpaired) electrons. The SMILES string of the molecule is Cc1[nH]c2ccc3c(c2c1C(=O)OCc1cccc(C(=O)O)c1)CC1CCCN2CCCCC12O3. The van der Waals surface area contributed by atoms with Crippen molar-refractivity contribution in [2.24, 2.45) is 5.92 Å². The fourth-order valence-electron chi connectivity index (χ4n) is 6.48. The summed E-state index contributed by atoms with van der Waals surface area (Å²) in [6.07, 6.45) is 6.68. The van der Waals surface area contributed by atoms with Crippen molar-refractivity contribution < 1.29 is 24.2 Å². The molecule has 4 heterocycles. The summed E-state index contributed by atoms with van der Waals surface area (Å²) >= 11 is 0. The van der Waals surface area contributed by atoms with Gasteiger partial charge in [0.05, 0.1) is 11.1 Å². The topological polar surface area (TPSA) is 91.9 Å². The maximum Gasteiger partial charge on any atom is 0.340 e. The van der Waals surface area contributed by atoms with Crippen molar-refractivity contribution in [3.8, 4) is 5.75 Å². The van der Waals surface area contributed by atoms with E-state index in [9.17, 15) is 14.7 Å². The smallest absolute Gasteiger partial charge is 0.340 e. The second-order valence-electron chi connectivity index (χ2n) is 10.1. The van der Waals surface area contributed by atoms with E-state index in [0.717, 1.165) is 60.3 Å². The predicted octanol–water partition coefficient (Wildman–Crippen LogP) is 5.06. The fraction of sp³-hybridized carbons (Fsp3) is 0.429. The van der Waals surface area contributed by atoms with Gasteiger partial charge >= 0.3 is 11.9 Å². The van der Waals surface area contributed by atoms with E-state index < -0.39 is 11.9 Å². The van der Waals surface area contributed by atoms with Gasteiger partial charge in [0.25, 0.3) is 0 Å². The van der Waals surface area contributed by atoms with Gasteiger partial charge in [-0.1, -0.05) is 12.1 Å². The lowest BCUT2D eigenvalue weighted by Gasteiger charge is -2.56. The molecule has 2 unspecified atom stereocenters. The summed E-state index contributed by atoms with van der Waals surface area (Å²) in [5.74, 6) is -0.127. The van der Waals surface area contributed by atoms with Crippen LogP contribution in [0.2, 0.25) is 0 Å². The summed E-state index contributed by atoms with van der Waals surface area (Å²) in [6.45, 7) is 4.09. The second-order valence-corrected chi connectivity index (χ2v) is 10.1. The molecule has 2 saturated heterocycles. The van der Waals surface area contributed by atoms with Gasteiger partial charge in [-0.2, -0.15) is 0 Å². The first kappa shape index (κ1) is 22.2. The third-order valence-corrected chi connectivity index (χ3v) is 8.07. The molecule has 3 aliphatic heterocycles. The summed E-state index contributed by atoms with van der Waals surface area (Å²) in [5, 5.41) is 10.1. The average molecular weight is 475 g/mol. The number of esters is 1. The first-order valence-corrected chi connectivity index (χ1v) is 12.5. The van der Waals surface area contributed by atoms with Crippen molar-refractivity contribution in [3.63, 3.8) is 0 Å². The number of carboxylic acid groups (broad SMARTS) is 1. The molecule has 3 aromatic rings. The molecule has 0 bridgehead atoms. The number of aromatic carboxylic acids is 1. The number of benzene rings is 2. The van der Waals surface area contributed by atoms with Crippen LogP contribution in [0, 0.1) is 12.8 Å². The Labute approximate surface area is 204 Å². The van der Waals surface area contributed by atoms with Gasteiger partial charge in [0.1, 0.15) is 12.4 Å². The molecule has 1 aromatic heterocycles. The van der Waals surface area contributed by atoms with Gasteiger partial charge in [0, 0.05) is 47.6 Å². The Bertz CT molecular complexity index is 1330. The zero-order chi connectivity index (χ0) is 24.2. The van der Waals surface area contributed by atoms with E-state index in [2.05, 4.69) is 9.88 Å². The number of aromatic nitrogens is 1. The third kappa shape index (κ3) is 3.60. The van der Waals surface area contributed by atoms with E-state index in [1.54, 1.807) is 12.1 Å². The Morgan fingerprint density at radius 1 is 1.20 bits per heavy atom. The standard InChI is InChI=1S/C28H30N2O5/c1-17-24(27(33)34-16-18-6-4-7-19(14-18)26(31)32)25-21-15-20-8-5-13-30-12-3-2-11-28(20,30)35-23(21)10-9-22(25)29-17/h4,6-7,9-10,14,20,29H,2-3,5,8,11-13,15-16H2,1H3,(H,31,32). The molecule has 6 rings (SSSR count). The molecular formula is C28H30N2O5. The van der Waals surface area contributed by atoms with Crippen LogP contribution in [0.4, 0.5) is 0 Å². The van der Waals surface area contributed by atoms with E-state index in [1.807, 2.05) is 19.1 Å². The van der Waals surface area contributed by atoms with Gasteiger partial charge in [-0.25, -0.2) is 9.59 Å². The van der Waals surface area contributed by atoms with Crippen LogP contribution in [0.15, 0.2) is 36.4 Å². The van der Waals surface area contributed by atoms with E-state index in [4.69, 9.17) is 9.47 Å². The average Bonchev–Trinajstić information content (AvgIpc) is 3.21. The number of aryl methyl sites for hydroxylation is 1. The quantitative estimate of drug-likeness (QED) is 0.514. The summed E-state index contributed by atoms with van der Waals surface area (Å²) in [5.41, 5.74) is 3.92. The van der Waals surface area contributed by atoms with Crippen molar-refractivity contribution in [2.45, 2.75) is 57.8 Å². The molecule has 35 heavy (non-hydrogen) atoms. The summed E-state index contributed by atoms with van der Waals surface area (Å²) in [7, 11) is 0. The second kappa shape index (κ2) is 8.41. The maximum atomic E-state index is 13.3. The number of hydrogen-bond acceptors (Lipinski definition) is 5. The van der Waals surface area contributed by atoms with Crippen molar-refractivity contribution in [1.29, 1.82) is 0 Å². The highest BCUT2D eigenvalue weighted by molar-refractivity contribution is 6.07. The van der Waals surface area contributed by atoms with Gasteiger partial charge in [0.2, 0.25) is 0 Å². The van der Waals surface area contributed by atoms with E-state index in [1.165, 1.54) is 31.4 Å². The maximum absolute atomic E-state index is 13.3. The number of carboxylic acids is 1. The van der Waals surface area contributed by atoms with Crippen LogP contribution in [-0.4, -0.2) is 45.7 Å². The molecule has 1 spiro atoms. The van der Waals surface area contributed by atoms with Crippen LogP contribution >= 0.6 is 0 Å².